The molecule has 3 rings (SSSR count). The van der Waals surface area contributed by atoms with Gasteiger partial charge < -0.3 is 15.6 Å². The fourth-order valence-corrected chi connectivity index (χ4v) is 3.53. The molecule has 1 fully saturated rings. The van der Waals surface area contributed by atoms with E-state index in [4.69, 9.17) is 5.73 Å². The Hall–Kier alpha value is -2.34. The Bertz CT molecular complexity index is 740. The normalized spacial score (nSPS) is 16.1. The number of fused-ring (bicyclic) bond motifs is 1. The van der Waals surface area contributed by atoms with E-state index >= 15 is 0 Å². The molecule has 1 aliphatic heterocycles. The van der Waals surface area contributed by atoms with E-state index in [0.29, 0.717) is 13.0 Å². The standard InChI is InChI=1S/C19H26N4O2/c20-18(24)14-22-9-4-10-23(12-11-22)19(25)8-3-5-15-13-21-17-7-2-1-6-16(15)17/h1-2,6-7,13,21H,3-5,8-12,14H2,(H2,20,24). The van der Waals surface area contributed by atoms with Crippen molar-refractivity contribution in [3.8, 4) is 0 Å². The summed E-state index contributed by atoms with van der Waals surface area (Å²) in [6, 6.07) is 8.25. The molecule has 6 heteroatoms. The molecular weight excluding hydrogens is 316 g/mol. The number of nitrogens with one attached hydrogen (secondary N) is 1. The number of benzene rings is 1. The number of aromatic amines is 1. The molecule has 3 N–H and O–H groups in total. The number of nitrogens with two attached hydrogens (primary N) is 1. The molecule has 0 radical (unpaired) electrons. The van der Waals surface area contributed by atoms with Crippen LogP contribution in [0.4, 0.5) is 0 Å². The summed E-state index contributed by atoms with van der Waals surface area (Å²) in [6.45, 7) is 3.27. The van der Waals surface area contributed by atoms with Gasteiger partial charge in [-0.2, -0.15) is 0 Å². The zero-order chi connectivity index (χ0) is 17.6. The van der Waals surface area contributed by atoms with Crippen molar-refractivity contribution < 1.29 is 9.59 Å². The molecule has 0 atom stereocenters. The molecule has 0 spiro atoms. The highest BCUT2D eigenvalue weighted by Crippen LogP contribution is 2.19. The molecule has 0 bridgehead atoms. The number of carbonyl (C=O) groups is 2. The Balaban J connectivity index is 1.47. The van der Waals surface area contributed by atoms with Crippen LogP contribution in [0.1, 0.15) is 24.8 Å². The number of para-hydroxylation sites is 1. The highest BCUT2D eigenvalue weighted by Gasteiger charge is 2.19. The highest BCUT2D eigenvalue weighted by atomic mass is 16.2. The second-order valence-electron chi connectivity index (χ2n) is 6.69. The van der Waals surface area contributed by atoms with Gasteiger partial charge in [0.15, 0.2) is 0 Å². The summed E-state index contributed by atoms with van der Waals surface area (Å²) < 4.78 is 0. The van der Waals surface area contributed by atoms with Gasteiger partial charge in [0.2, 0.25) is 11.8 Å². The summed E-state index contributed by atoms with van der Waals surface area (Å²) in [5.74, 6) is -0.0979. The van der Waals surface area contributed by atoms with Gasteiger partial charge in [0.1, 0.15) is 0 Å². The second-order valence-corrected chi connectivity index (χ2v) is 6.69. The molecule has 2 heterocycles. The van der Waals surface area contributed by atoms with Gasteiger partial charge in [0.25, 0.3) is 0 Å². The Kier molecular flexibility index (Phi) is 5.71. The molecule has 1 saturated heterocycles. The third kappa shape index (κ3) is 4.60. The van der Waals surface area contributed by atoms with Crippen LogP contribution in [0, 0.1) is 0 Å². The maximum Gasteiger partial charge on any atom is 0.231 e. The third-order valence-electron chi connectivity index (χ3n) is 4.83. The summed E-state index contributed by atoms with van der Waals surface area (Å²) in [7, 11) is 0. The van der Waals surface area contributed by atoms with Crippen LogP contribution in [0.5, 0.6) is 0 Å². The molecular formula is C19H26N4O2. The van der Waals surface area contributed by atoms with Gasteiger partial charge in [-0.3, -0.25) is 14.5 Å². The number of aryl methyl sites for hydroxylation is 1. The Labute approximate surface area is 148 Å². The van der Waals surface area contributed by atoms with Crippen molar-refractivity contribution in [1.82, 2.24) is 14.8 Å². The molecule has 0 unspecified atom stereocenters. The van der Waals surface area contributed by atoms with E-state index in [1.165, 1.54) is 10.9 Å². The number of rotatable bonds is 6. The molecule has 1 aromatic carbocycles. The largest absolute Gasteiger partial charge is 0.369 e. The summed E-state index contributed by atoms with van der Waals surface area (Å²) in [5.41, 5.74) is 7.67. The summed E-state index contributed by atoms with van der Waals surface area (Å²) in [6.07, 6.45) is 5.25. The van der Waals surface area contributed by atoms with Crippen LogP contribution >= 0.6 is 0 Å². The maximum atomic E-state index is 12.5. The van der Waals surface area contributed by atoms with Crippen molar-refractivity contribution in [2.24, 2.45) is 5.73 Å². The Morgan fingerprint density at radius 2 is 1.96 bits per heavy atom. The van der Waals surface area contributed by atoms with Gasteiger partial charge in [-0.25, -0.2) is 0 Å². The molecule has 1 aliphatic rings. The summed E-state index contributed by atoms with van der Waals surface area (Å²) in [4.78, 5) is 30.8. The van der Waals surface area contributed by atoms with Crippen molar-refractivity contribution >= 4 is 22.7 Å². The van der Waals surface area contributed by atoms with E-state index in [2.05, 4.69) is 17.1 Å². The van der Waals surface area contributed by atoms with Crippen LogP contribution in [0.25, 0.3) is 10.9 Å². The highest BCUT2D eigenvalue weighted by molar-refractivity contribution is 5.83. The average Bonchev–Trinajstić information content (AvgIpc) is 2.85. The minimum Gasteiger partial charge on any atom is -0.369 e. The van der Waals surface area contributed by atoms with Crippen molar-refractivity contribution in [2.75, 3.05) is 32.7 Å². The van der Waals surface area contributed by atoms with Gasteiger partial charge in [-0.1, -0.05) is 18.2 Å². The van der Waals surface area contributed by atoms with Crippen LogP contribution in [0.2, 0.25) is 0 Å². The van der Waals surface area contributed by atoms with Crippen molar-refractivity contribution in [3.63, 3.8) is 0 Å². The number of primary amides is 1. The van der Waals surface area contributed by atoms with Gasteiger partial charge >= 0.3 is 0 Å². The van der Waals surface area contributed by atoms with Gasteiger partial charge in [0, 0.05) is 49.7 Å². The van der Waals surface area contributed by atoms with E-state index in [1.807, 2.05) is 28.1 Å². The van der Waals surface area contributed by atoms with Gasteiger partial charge in [0.05, 0.1) is 6.54 Å². The van der Waals surface area contributed by atoms with Crippen molar-refractivity contribution in [2.45, 2.75) is 25.7 Å². The Morgan fingerprint density at radius 3 is 2.80 bits per heavy atom. The first-order chi connectivity index (χ1) is 12.1. The molecule has 2 amide bonds. The lowest BCUT2D eigenvalue weighted by Gasteiger charge is -2.21. The molecule has 2 aromatic rings. The predicted molar refractivity (Wildman–Crippen MR) is 98.1 cm³/mol. The van der Waals surface area contributed by atoms with Crippen LogP contribution in [-0.2, 0) is 16.0 Å². The van der Waals surface area contributed by atoms with Crippen LogP contribution < -0.4 is 5.73 Å². The van der Waals surface area contributed by atoms with E-state index < -0.39 is 0 Å². The number of aromatic nitrogens is 1. The molecule has 134 valence electrons. The van der Waals surface area contributed by atoms with Gasteiger partial charge in [-0.05, 0) is 30.9 Å². The quantitative estimate of drug-likeness (QED) is 0.835. The summed E-state index contributed by atoms with van der Waals surface area (Å²) >= 11 is 0. The third-order valence-corrected chi connectivity index (χ3v) is 4.83. The van der Waals surface area contributed by atoms with Crippen LogP contribution in [0.15, 0.2) is 30.5 Å². The lowest BCUT2D eigenvalue weighted by atomic mass is 10.1. The molecule has 1 aromatic heterocycles. The van der Waals surface area contributed by atoms with Gasteiger partial charge in [-0.15, -0.1) is 0 Å². The lowest BCUT2D eigenvalue weighted by molar-refractivity contribution is -0.131. The smallest absolute Gasteiger partial charge is 0.231 e. The first-order valence-corrected chi connectivity index (χ1v) is 8.97. The number of carbonyl (C=O) groups excluding carboxylic acids is 2. The van der Waals surface area contributed by atoms with Crippen molar-refractivity contribution in [3.05, 3.63) is 36.0 Å². The predicted octanol–water partition coefficient (Wildman–Crippen LogP) is 1.51. The zero-order valence-corrected chi connectivity index (χ0v) is 14.5. The van der Waals surface area contributed by atoms with Crippen LogP contribution in [-0.4, -0.2) is 59.3 Å². The molecule has 0 aliphatic carbocycles. The number of amides is 2. The van der Waals surface area contributed by atoms with Crippen molar-refractivity contribution in [1.29, 1.82) is 0 Å². The average molecular weight is 342 g/mol. The number of H-pyrrole nitrogens is 1. The first kappa shape index (κ1) is 17.5. The number of hydrogen-bond donors (Lipinski definition) is 2. The first-order valence-electron chi connectivity index (χ1n) is 8.97. The second kappa shape index (κ2) is 8.16. The van der Waals surface area contributed by atoms with E-state index in [9.17, 15) is 9.59 Å². The lowest BCUT2D eigenvalue weighted by Crippen LogP contribution is -2.38. The fraction of sp³-hybridized carbons (Fsp3) is 0.474. The topological polar surface area (TPSA) is 82.4 Å². The molecule has 0 saturated carbocycles. The van der Waals surface area contributed by atoms with E-state index in [1.54, 1.807) is 0 Å². The number of nitrogens with zero attached hydrogens (tertiary/aromatic N) is 2. The van der Waals surface area contributed by atoms with E-state index in [-0.39, 0.29) is 18.4 Å². The van der Waals surface area contributed by atoms with E-state index in [0.717, 1.165) is 44.4 Å². The maximum absolute atomic E-state index is 12.5. The molecule has 6 nitrogen and oxygen atoms in total. The zero-order valence-electron chi connectivity index (χ0n) is 14.5. The Morgan fingerprint density at radius 1 is 1.12 bits per heavy atom. The minimum atomic E-state index is -0.307. The number of hydrogen-bond acceptors (Lipinski definition) is 3. The monoisotopic (exact) mass is 342 g/mol. The minimum absolute atomic E-state index is 0.209. The van der Waals surface area contributed by atoms with Crippen LogP contribution in [0.3, 0.4) is 0 Å². The molecule has 25 heavy (non-hydrogen) atoms. The fourth-order valence-electron chi connectivity index (χ4n) is 3.53. The SMILES string of the molecule is NC(=O)CN1CCCN(C(=O)CCCc2c[nH]c3ccccc23)CC1. The summed E-state index contributed by atoms with van der Waals surface area (Å²) in [5, 5.41) is 1.24.